The summed E-state index contributed by atoms with van der Waals surface area (Å²) in [5.41, 5.74) is 6.68. The molecule has 1 aliphatic rings. The molecule has 4 unspecified atom stereocenters. The van der Waals surface area contributed by atoms with Crippen LogP contribution in [0.2, 0.25) is 0 Å². The van der Waals surface area contributed by atoms with Gasteiger partial charge in [0.25, 0.3) is 0 Å². The maximum absolute atomic E-state index is 12.7. The molecule has 0 spiro atoms. The number of nitrogens with one attached hydrogen (secondary N) is 3. The Bertz CT molecular complexity index is 737. The molecule has 12 heteroatoms. The minimum Gasteiger partial charge on any atom is -0.480 e. The van der Waals surface area contributed by atoms with Crippen molar-refractivity contribution in [2.45, 2.75) is 50.4 Å². The highest BCUT2D eigenvalue weighted by atomic mass is 16.4. The Morgan fingerprint density at radius 2 is 2.14 bits per heavy atom. The molecular formula is C17H26N6O6. The van der Waals surface area contributed by atoms with Crippen molar-refractivity contribution in [3.63, 3.8) is 0 Å². The topological polar surface area (TPSA) is 191 Å². The van der Waals surface area contributed by atoms with Gasteiger partial charge < -0.3 is 36.5 Å². The van der Waals surface area contributed by atoms with Gasteiger partial charge in [-0.25, -0.2) is 4.98 Å². The van der Waals surface area contributed by atoms with Crippen LogP contribution in [0.3, 0.4) is 0 Å². The molecule has 0 saturated carbocycles. The maximum atomic E-state index is 12.7. The van der Waals surface area contributed by atoms with Gasteiger partial charge in [-0.15, -0.1) is 0 Å². The first-order valence-electron chi connectivity index (χ1n) is 9.22. The van der Waals surface area contributed by atoms with Gasteiger partial charge >= 0.3 is 5.97 Å². The third-order valence-corrected chi connectivity index (χ3v) is 4.63. The number of rotatable bonds is 9. The fourth-order valence-electron chi connectivity index (χ4n) is 3.16. The number of aliphatic hydroxyl groups excluding tert-OH is 1. The van der Waals surface area contributed by atoms with Gasteiger partial charge in [-0.3, -0.25) is 19.2 Å². The summed E-state index contributed by atoms with van der Waals surface area (Å²) in [6, 6.07) is -3.04. The Kier molecular flexibility index (Phi) is 7.67. The van der Waals surface area contributed by atoms with Gasteiger partial charge in [0.05, 0.1) is 18.5 Å². The van der Waals surface area contributed by atoms with Crippen molar-refractivity contribution in [2.75, 3.05) is 13.1 Å². The molecule has 7 N–H and O–H groups in total. The normalized spacial score (nSPS) is 19.3. The van der Waals surface area contributed by atoms with Crippen molar-refractivity contribution in [2.24, 2.45) is 5.73 Å². The number of carbonyl (C=O) groups is 4. The molecule has 29 heavy (non-hydrogen) atoms. The summed E-state index contributed by atoms with van der Waals surface area (Å²) in [5, 5.41) is 23.0. The summed E-state index contributed by atoms with van der Waals surface area (Å²) in [5.74, 6) is -3.10. The van der Waals surface area contributed by atoms with Gasteiger partial charge in [-0.2, -0.15) is 0 Å². The zero-order valence-corrected chi connectivity index (χ0v) is 16.0. The molecule has 1 fully saturated rings. The lowest BCUT2D eigenvalue weighted by atomic mass is 10.1. The molecule has 1 aliphatic heterocycles. The zero-order chi connectivity index (χ0) is 21.6. The summed E-state index contributed by atoms with van der Waals surface area (Å²) < 4.78 is 0. The summed E-state index contributed by atoms with van der Waals surface area (Å²) in [4.78, 5) is 56.2. The molecule has 0 radical (unpaired) electrons. The predicted octanol–water partition coefficient (Wildman–Crippen LogP) is -2.66. The Balaban J connectivity index is 2.00. The molecule has 2 heterocycles. The van der Waals surface area contributed by atoms with E-state index < -0.39 is 54.5 Å². The van der Waals surface area contributed by atoms with Crippen molar-refractivity contribution in [3.8, 4) is 0 Å². The van der Waals surface area contributed by atoms with Crippen LogP contribution in [-0.2, 0) is 25.6 Å². The highest BCUT2D eigenvalue weighted by Gasteiger charge is 2.38. The van der Waals surface area contributed by atoms with E-state index in [9.17, 15) is 24.3 Å². The highest BCUT2D eigenvalue weighted by molar-refractivity contribution is 5.94. The quantitative estimate of drug-likeness (QED) is 0.254. The number of nitrogens with two attached hydrogens (primary N) is 1. The van der Waals surface area contributed by atoms with Crippen LogP contribution in [0, 0.1) is 0 Å². The molecule has 12 nitrogen and oxygen atoms in total. The number of hydrogen-bond donors (Lipinski definition) is 6. The molecule has 1 aromatic heterocycles. The number of carbonyl (C=O) groups excluding carboxylic acids is 3. The van der Waals surface area contributed by atoms with E-state index in [1.807, 2.05) is 0 Å². The predicted molar refractivity (Wildman–Crippen MR) is 99.3 cm³/mol. The number of hydrogen-bond acceptors (Lipinski definition) is 7. The van der Waals surface area contributed by atoms with E-state index in [2.05, 4.69) is 20.6 Å². The molecule has 1 saturated heterocycles. The summed E-state index contributed by atoms with van der Waals surface area (Å²) >= 11 is 0. The average Bonchev–Trinajstić information content (AvgIpc) is 3.34. The molecule has 0 aliphatic carbocycles. The first-order valence-corrected chi connectivity index (χ1v) is 9.22. The molecule has 0 bridgehead atoms. The number of carboxylic acids is 1. The van der Waals surface area contributed by atoms with Crippen LogP contribution in [-0.4, -0.2) is 86.1 Å². The molecular weight excluding hydrogens is 384 g/mol. The number of likely N-dealkylation sites (tertiary alicyclic amines) is 1. The monoisotopic (exact) mass is 410 g/mol. The minimum atomic E-state index is -1.35. The SMILES string of the molecule is CC(O)C(NC(=O)C1CCCN1C(=O)C(N)Cc1cnc[nH]1)C(=O)NCC(=O)O. The minimum absolute atomic E-state index is 0.234. The van der Waals surface area contributed by atoms with Crippen LogP contribution in [0.25, 0.3) is 0 Å². The number of aliphatic hydroxyl groups is 1. The Morgan fingerprint density at radius 3 is 2.72 bits per heavy atom. The second-order valence-corrected chi connectivity index (χ2v) is 6.92. The summed E-state index contributed by atoms with van der Waals surface area (Å²) in [6.07, 6.45) is 2.98. The first-order chi connectivity index (χ1) is 13.7. The smallest absolute Gasteiger partial charge is 0.322 e. The number of aliphatic carboxylic acids is 1. The van der Waals surface area contributed by atoms with Crippen LogP contribution in [0.4, 0.5) is 0 Å². The third kappa shape index (κ3) is 5.99. The molecule has 4 atom stereocenters. The number of H-pyrrole nitrogens is 1. The second kappa shape index (κ2) is 9.98. The van der Waals surface area contributed by atoms with E-state index in [4.69, 9.17) is 10.8 Å². The number of nitrogens with zero attached hydrogens (tertiary/aromatic N) is 2. The Hall–Kier alpha value is -2.99. The van der Waals surface area contributed by atoms with Crippen molar-refractivity contribution < 1.29 is 29.4 Å². The van der Waals surface area contributed by atoms with Gasteiger partial charge in [0.1, 0.15) is 18.6 Å². The van der Waals surface area contributed by atoms with Crippen LogP contribution in [0.5, 0.6) is 0 Å². The Labute approximate surface area is 166 Å². The largest absolute Gasteiger partial charge is 0.480 e. The van der Waals surface area contributed by atoms with Gasteiger partial charge in [-0.1, -0.05) is 0 Å². The van der Waals surface area contributed by atoms with Gasteiger partial charge in [0.15, 0.2) is 0 Å². The van der Waals surface area contributed by atoms with E-state index in [0.29, 0.717) is 25.1 Å². The van der Waals surface area contributed by atoms with Crippen molar-refractivity contribution in [1.82, 2.24) is 25.5 Å². The molecule has 160 valence electrons. The number of amides is 3. The van der Waals surface area contributed by atoms with E-state index in [1.165, 1.54) is 18.2 Å². The lowest BCUT2D eigenvalue weighted by molar-refractivity contribution is -0.142. The zero-order valence-electron chi connectivity index (χ0n) is 16.0. The Morgan fingerprint density at radius 1 is 1.41 bits per heavy atom. The van der Waals surface area contributed by atoms with Gasteiger partial charge in [-0.05, 0) is 19.8 Å². The van der Waals surface area contributed by atoms with E-state index in [1.54, 1.807) is 6.20 Å². The fraction of sp³-hybridized carbons (Fsp3) is 0.588. The average molecular weight is 410 g/mol. The third-order valence-electron chi connectivity index (χ3n) is 4.63. The molecule has 2 rings (SSSR count). The number of aromatic amines is 1. The lowest BCUT2D eigenvalue weighted by Crippen LogP contribution is -2.58. The van der Waals surface area contributed by atoms with E-state index in [0.717, 1.165) is 0 Å². The summed E-state index contributed by atoms with van der Waals surface area (Å²) in [7, 11) is 0. The molecule has 3 amide bonds. The van der Waals surface area contributed by atoms with Gasteiger partial charge in [0.2, 0.25) is 17.7 Å². The van der Waals surface area contributed by atoms with Crippen LogP contribution < -0.4 is 16.4 Å². The fourth-order valence-corrected chi connectivity index (χ4v) is 3.16. The van der Waals surface area contributed by atoms with Crippen molar-refractivity contribution >= 4 is 23.7 Å². The standard InChI is InChI=1S/C17H26N6O6/c1-9(24)14(16(28)20-7-13(25)26)22-15(27)12-3-2-4-23(12)17(29)11(18)5-10-6-19-8-21-10/h6,8-9,11-12,14,24H,2-5,7,18H2,1H3,(H,19,21)(H,20,28)(H,22,27)(H,25,26). The highest BCUT2D eigenvalue weighted by Crippen LogP contribution is 2.19. The molecule has 1 aromatic rings. The van der Waals surface area contributed by atoms with Crippen LogP contribution in [0.15, 0.2) is 12.5 Å². The number of carboxylic acid groups (broad SMARTS) is 1. The number of aromatic nitrogens is 2. The van der Waals surface area contributed by atoms with Crippen LogP contribution in [0.1, 0.15) is 25.5 Å². The van der Waals surface area contributed by atoms with E-state index in [-0.39, 0.29) is 6.42 Å². The summed E-state index contributed by atoms with van der Waals surface area (Å²) in [6.45, 7) is 0.996. The van der Waals surface area contributed by atoms with Gasteiger partial charge in [0, 0.05) is 24.9 Å². The van der Waals surface area contributed by atoms with Crippen LogP contribution >= 0.6 is 0 Å². The maximum Gasteiger partial charge on any atom is 0.322 e. The van der Waals surface area contributed by atoms with Crippen molar-refractivity contribution in [1.29, 1.82) is 0 Å². The number of imidazole rings is 1. The van der Waals surface area contributed by atoms with Crippen molar-refractivity contribution in [3.05, 3.63) is 18.2 Å². The van der Waals surface area contributed by atoms with E-state index >= 15 is 0 Å². The first kappa shape index (κ1) is 22.3. The lowest BCUT2D eigenvalue weighted by Gasteiger charge is -2.28. The second-order valence-electron chi connectivity index (χ2n) is 6.92. The molecule has 0 aromatic carbocycles.